The lowest BCUT2D eigenvalue weighted by Gasteiger charge is -2.36. The Balaban J connectivity index is 1.24. The first-order valence-corrected chi connectivity index (χ1v) is 11.0. The summed E-state index contributed by atoms with van der Waals surface area (Å²) in [6, 6.07) is 23.1. The van der Waals surface area contributed by atoms with Crippen LogP contribution in [0, 0.1) is 5.92 Å². The van der Waals surface area contributed by atoms with Gasteiger partial charge in [0.2, 0.25) is 11.8 Å². The lowest BCUT2D eigenvalue weighted by Crippen LogP contribution is -2.52. The molecule has 0 bridgehead atoms. The summed E-state index contributed by atoms with van der Waals surface area (Å²) in [5.41, 5.74) is 1.53. The zero-order valence-corrected chi connectivity index (χ0v) is 17.8. The summed E-state index contributed by atoms with van der Waals surface area (Å²) in [6.45, 7) is 2.40. The molecule has 2 aliphatic rings. The van der Waals surface area contributed by atoms with Crippen molar-refractivity contribution in [2.24, 2.45) is 5.92 Å². The number of nitrogens with zero attached hydrogens (tertiary/aromatic N) is 3. The van der Waals surface area contributed by atoms with Gasteiger partial charge in [-0.1, -0.05) is 54.6 Å². The highest BCUT2D eigenvalue weighted by molar-refractivity contribution is 6.07. The lowest BCUT2D eigenvalue weighted by atomic mass is 10.1. The van der Waals surface area contributed by atoms with Gasteiger partial charge in [0.15, 0.2) is 0 Å². The van der Waals surface area contributed by atoms with E-state index >= 15 is 0 Å². The van der Waals surface area contributed by atoms with E-state index < -0.39 is 0 Å². The predicted octanol–water partition coefficient (Wildman–Crippen LogP) is 3.18. The second-order valence-electron chi connectivity index (χ2n) is 8.39. The maximum Gasteiger partial charge on any atom is 0.253 e. The molecule has 1 atom stereocenters. The third kappa shape index (κ3) is 3.73. The van der Waals surface area contributed by atoms with Gasteiger partial charge in [0.25, 0.3) is 5.91 Å². The number of rotatable bonds is 3. The van der Waals surface area contributed by atoms with Crippen molar-refractivity contribution in [3.8, 4) is 0 Å². The van der Waals surface area contributed by atoms with Crippen molar-refractivity contribution in [3.63, 3.8) is 0 Å². The van der Waals surface area contributed by atoms with Crippen molar-refractivity contribution in [1.82, 2.24) is 9.80 Å². The molecular formula is C26H25N3O3. The van der Waals surface area contributed by atoms with E-state index in [1.807, 2.05) is 72.8 Å². The summed E-state index contributed by atoms with van der Waals surface area (Å²) in [5, 5.41) is 2.09. The fourth-order valence-corrected chi connectivity index (χ4v) is 4.70. The van der Waals surface area contributed by atoms with Crippen LogP contribution in [0.3, 0.4) is 0 Å². The van der Waals surface area contributed by atoms with E-state index in [0.717, 1.165) is 16.5 Å². The Bertz CT molecular complexity index is 1160. The number of benzene rings is 3. The van der Waals surface area contributed by atoms with Crippen molar-refractivity contribution < 1.29 is 14.4 Å². The molecule has 0 N–H and O–H groups in total. The molecule has 2 heterocycles. The van der Waals surface area contributed by atoms with Gasteiger partial charge >= 0.3 is 0 Å². The van der Waals surface area contributed by atoms with Crippen molar-refractivity contribution in [2.75, 3.05) is 37.6 Å². The van der Waals surface area contributed by atoms with Gasteiger partial charge in [-0.3, -0.25) is 14.4 Å². The monoisotopic (exact) mass is 427 g/mol. The Hall–Kier alpha value is -3.67. The van der Waals surface area contributed by atoms with Crippen LogP contribution < -0.4 is 4.90 Å². The average molecular weight is 428 g/mol. The van der Waals surface area contributed by atoms with Crippen LogP contribution in [0.4, 0.5) is 5.69 Å². The van der Waals surface area contributed by atoms with Crippen molar-refractivity contribution >= 4 is 34.2 Å². The van der Waals surface area contributed by atoms with Crippen LogP contribution in [0.25, 0.3) is 10.8 Å². The van der Waals surface area contributed by atoms with Gasteiger partial charge in [0.1, 0.15) is 0 Å². The number of fused-ring (bicyclic) bond motifs is 1. The molecule has 2 saturated heterocycles. The molecular weight excluding hydrogens is 402 g/mol. The molecule has 0 radical (unpaired) electrons. The first kappa shape index (κ1) is 20.2. The van der Waals surface area contributed by atoms with E-state index in [-0.39, 0.29) is 30.1 Å². The molecule has 162 valence electrons. The molecule has 6 nitrogen and oxygen atoms in total. The van der Waals surface area contributed by atoms with Crippen molar-refractivity contribution in [1.29, 1.82) is 0 Å². The van der Waals surface area contributed by atoms with Gasteiger partial charge < -0.3 is 14.7 Å². The molecule has 3 aromatic carbocycles. The fraction of sp³-hybridized carbons (Fsp3) is 0.269. The standard InChI is InChI=1S/C26H25N3O3/c30-24-17-21(18-29(24)23-12-6-10-19-7-4-5-11-22(19)23)26(32)28-15-13-27(14-16-28)25(31)20-8-2-1-3-9-20/h1-12,21H,13-18H2/t21-/m0/s1. The Morgan fingerprint density at radius 2 is 1.41 bits per heavy atom. The summed E-state index contributed by atoms with van der Waals surface area (Å²) in [6.07, 6.45) is 0.227. The molecule has 0 saturated carbocycles. The number of amides is 3. The van der Waals surface area contributed by atoms with Gasteiger partial charge in [-0.2, -0.15) is 0 Å². The van der Waals surface area contributed by atoms with Crippen LogP contribution >= 0.6 is 0 Å². The first-order valence-electron chi connectivity index (χ1n) is 11.0. The van der Waals surface area contributed by atoms with Crippen molar-refractivity contribution in [3.05, 3.63) is 78.4 Å². The summed E-state index contributed by atoms with van der Waals surface area (Å²) in [7, 11) is 0. The third-order valence-electron chi connectivity index (χ3n) is 6.43. The number of carbonyl (C=O) groups is 3. The molecule has 6 heteroatoms. The lowest BCUT2D eigenvalue weighted by molar-refractivity contribution is -0.137. The molecule has 32 heavy (non-hydrogen) atoms. The largest absolute Gasteiger partial charge is 0.339 e. The molecule has 0 aromatic heterocycles. The van der Waals surface area contributed by atoms with E-state index in [2.05, 4.69) is 0 Å². The quantitative estimate of drug-likeness (QED) is 0.645. The maximum absolute atomic E-state index is 13.2. The summed E-state index contributed by atoms with van der Waals surface area (Å²) in [5.74, 6) is -0.362. The van der Waals surface area contributed by atoms with Gasteiger partial charge in [-0.15, -0.1) is 0 Å². The number of hydrogen-bond donors (Lipinski definition) is 0. The van der Waals surface area contributed by atoms with Gasteiger partial charge in [0.05, 0.1) is 11.6 Å². The van der Waals surface area contributed by atoms with E-state index in [1.54, 1.807) is 14.7 Å². The minimum Gasteiger partial charge on any atom is -0.339 e. The number of piperazine rings is 1. The summed E-state index contributed by atoms with van der Waals surface area (Å²) < 4.78 is 0. The fourth-order valence-electron chi connectivity index (χ4n) is 4.70. The summed E-state index contributed by atoms with van der Waals surface area (Å²) in [4.78, 5) is 44.0. The molecule has 2 aliphatic heterocycles. The van der Waals surface area contributed by atoms with E-state index in [9.17, 15) is 14.4 Å². The van der Waals surface area contributed by atoms with E-state index in [0.29, 0.717) is 38.3 Å². The van der Waals surface area contributed by atoms with Crippen LogP contribution in [0.15, 0.2) is 72.8 Å². The Morgan fingerprint density at radius 3 is 2.19 bits per heavy atom. The molecule has 0 spiro atoms. The van der Waals surface area contributed by atoms with Crippen LogP contribution in [-0.4, -0.2) is 60.2 Å². The normalized spacial score (nSPS) is 18.9. The number of carbonyl (C=O) groups excluding carboxylic acids is 3. The molecule has 5 rings (SSSR count). The van der Waals surface area contributed by atoms with Crippen LogP contribution in [-0.2, 0) is 9.59 Å². The van der Waals surface area contributed by atoms with Crippen LogP contribution in [0.1, 0.15) is 16.8 Å². The van der Waals surface area contributed by atoms with Crippen LogP contribution in [0.2, 0.25) is 0 Å². The van der Waals surface area contributed by atoms with Crippen LogP contribution in [0.5, 0.6) is 0 Å². The minimum absolute atomic E-state index is 0.00382. The highest BCUT2D eigenvalue weighted by atomic mass is 16.2. The van der Waals surface area contributed by atoms with E-state index in [1.165, 1.54) is 0 Å². The van der Waals surface area contributed by atoms with Gasteiger partial charge in [-0.25, -0.2) is 0 Å². The predicted molar refractivity (Wildman–Crippen MR) is 123 cm³/mol. The Morgan fingerprint density at radius 1 is 0.750 bits per heavy atom. The smallest absolute Gasteiger partial charge is 0.253 e. The Kier molecular flexibility index (Phi) is 5.35. The zero-order valence-electron chi connectivity index (χ0n) is 17.8. The van der Waals surface area contributed by atoms with Crippen molar-refractivity contribution in [2.45, 2.75) is 6.42 Å². The highest BCUT2D eigenvalue weighted by Crippen LogP contribution is 2.32. The summed E-state index contributed by atoms with van der Waals surface area (Å²) >= 11 is 0. The molecule has 3 amide bonds. The first-order chi connectivity index (χ1) is 15.6. The van der Waals surface area contributed by atoms with Gasteiger partial charge in [-0.05, 0) is 23.6 Å². The zero-order chi connectivity index (χ0) is 22.1. The van der Waals surface area contributed by atoms with Gasteiger partial charge in [0, 0.05) is 50.1 Å². The average Bonchev–Trinajstić information content (AvgIpc) is 3.24. The molecule has 0 aliphatic carbocycles. The topological polar surface area (TPSA) is 60.9 Å². The maximum atomic E-state index is 13.2. The number of anilines is 1. The van der Waals surface area contributed by atoms with E-state index in [4.69, 9.17) is 0 Å². The Labute approximate surface area is 187 Å². The SMILES string of the molecule is O=C(c1ccccc1)N1CCN(C(=O)[C@H]2CC(=O)N(c3cccc4ccccc34)C2)CC1. The minimum atomic E-state index is -0.349. The molecule has 3 aromatic rings. The second-order valence-corrected chi connectivity index (χ2v) is 8.39. The second kappa shape index (κ2) is 8.46. The molecule has 2 fully saturated rings. The third-order valence-corrected chi connectivity index (χ3v) is 6.43. The number of hydrogen-bond acceptors (Lipinski definition) is 3. The molecule has 0 unspecified atom stereocenters. The highest BCUT2D eigenvalue weighted by Gasteiger charge is 2.38.